The SMILES string of the molecule is CNC(CC1CCCc2ccccc21)C1(C)CCCCC1. The Morgan fingerprint density at radius 1 is 1.14 bits per heavy atom. The molecule has 0 saturated heterocycles. The molecule has 1 saturated carbocycles. The largest absolute Gasteiger partial charge is 0.316 e. The molecule has 1 N–H and O–H groups in total. The second kappa shape index (κ2) is 6.52. The van der Waals surface area contributed by atoms with Crippen molar-refractivity contribution in [3.8, 4) is 0 Å². The molecule has 1 fully saturated rings. The van der Waals surface area contributed by atoms with E-state index in [9.17, 15) is 0 Å². The number of nitrogens with one attached hydrogen (secondary N) is 1. The van der Waals surface area contributed by atoms with Gasteiger partial charge in [-0.1, -0.05) is 50.5 Å². The Labute approximate surface area is 130 Å². The Morgan fingerprint density at radius 3 is 2.67 bits per heavy atom. The number of hydrogen-bond donors (Lipinski definition) is 1. The lowest BCUT2D eigenvalue weighted by atomic mass is 9.67. The van der Waals surface area contributed by atoms with Crippen molar-refractivity contribution in [2.75, 3.05) is 7.05 Å². The van der Waals surface area contributed by atoms with Gasteiger partial charge in [-0.15, -0.1) is 0 Å². The molecule has 0 aliphatic heterocycles. The predicted molar refractivity (Wildman–Crippen MR) is 90.8 cm³/mol. The van der Waals surface area contributed by atoms with Crippen LogP contribution in [0.5, 0.6) is 0 Å². The number of hydrogen-bond acceptors (Lipinski definition) is 1. The highest BCUT2D eigenvalue weighted by molar-refractivity contribution is 5.32. The molecule has 2 aliphatic rings. The number of fused-ring (bicyclic) bond motifs is 1. The van der Waals surface area contributed by atoms with Crippen LogP contribution in [0.4, 0.5) is 0 Å². The summed E-state index contributed by atoms with van der Waals surface area (Å²) in [6.07, 6.45) is 12.5. The molecule has 0 aromatic heterocycles. The Bertz CT molecular complexity index is 459. The molecule has 21 heavy (non-hydrogen) atoms. The Hall–Kier alpha value is -0.820. The van der Waals surface area contributed by atoms with E-state index < -0.39 is 0 Å². The second-order valence-corrected chi connectivity index (χ2v) is 7.58. The Kier molecular flexibility index (Phi) is 4.69. The summed E-state index contributed by atoms with van der Waals surface area (Å²) in [7, 11) is 2.18. The lowest BCUT2D eigenvalue weighted by Gasteiger charge is -2.43. The van der Waals surface area contributed by atoms with Crippen LogP contribution in [0, 0.1) is 5.41 Å². The highest BCUT2D eigenvalue weighted by Crippen LogP contribution is 2.43. The summed E-state index contributed by atoms with van der Waals surface area (Å²) in [5.41, 5.74) is 3.76. The Balaban J connectivity index is 1.76. The molecule has 0 amide bonds. The minimum atomic E-state index is 0.513. The van der Waals surface area contributed by atoms with Crippen molar-refractivity contribution in [3.63, 3.8) is 0 Å². The molecule has 2 aliphatic carbocycles. The van der Waals surface area contributed by atoms with Crippen LogP contribution < -0.4 is 5.32 Å². The molecule has 0 radical (unpaired) electrons. The van der Waals surface area contributed by atoms with Crippen LogP contribution in [-0.4, -0.2) is 13.1 Å². The lowest BCUT2D eigenvalue weighted by molar-refractivity contribution is 0.136. The maximum Gasteiger partial charge on any atom is 0.0124 e. The first-order chi connectivity index (χ1) is 10.2. The van der Waals surface area contributed by atoms with Gasteiger partial charge in [0.2, 0.25) is 0 Å². The molecule has 116 valence electrons. The van der Waals surface area contributed by atoms with Gasteiger partial charge in [0.1, 0.15) is 0 Å². The third-order valence-electron chi connectivity index (χ3n) is 6.20. The second-order valence-electron chi connectivity index (χ2n) is 7.58. The molecule has 1 nitrogen and oxygen atoms in total. The zero-order chi connectivity index (χ0) is 14.7. The summed E-state index contributed by atoms with van der Waals surface area (Å²) in [4.78, 5) is 0. The van der Waals surface area contributed by atoms with E-state index in [2.05, 4.69) is 43.6 Å². The number of benzene rings is 1. The average Bonchev–Trinajstić information content (AvgIpc) is 2.53. The fourth-order valence-corrected chi connectivity index (χ4v) is 4.84. The van der Waals surface area contributed by atoms with Gasteiger partial charge >= 0.3 is 0 Å². The van der Waals surface area contributed by atoms with Crippen molar-refractivity contribution in [1.82, 2.24) is 5.32 Å². The summed E-state index contributed by atoms with van der Waals surface area (Å²) in [5.74, 6) is 0.770. The summed E-state index contributed by atoms with van der Waals surface area (Å²) >= 11 is 0. The molecule has 0 spiro atoms. The number of rotatable bonds is 4. The van der Waals surface area contributed by atoms with Gasteiger partial charge in [0, 0.05) is 6.04 Å². The smallest absolute Gasteiger partial charge is 0.0124 e. The van der Waals surface area contributed by atoms with Crippen molar-refractivity contribution in [1.29, 1.82) is 0 Å². The first-order valence-corrected chi connectivity index (χ1v) is 8.98. The van der Waals surface area contributed by atoms with E-state index in [1.807, 2.05) is 0 Å². The fraction of sp³-hybridized carbons (Fsp3) is 0.700. The molecule has 2 atom stereocenters. The maximum absolute atomic E-state index is 3.69. The molecule has 1 heteroatoms. The molecule has 1 aromatic carbocycles. The first-order valence-electron chi connectivity index (χ1n) is 8.98. The van der Waals surface area contributed by atoms with Crippen molar-refractivity contribution >= 4 is 0 Å². The predicted octanol–water partition coefficient (Wildman–Crippen LogP) is 5.06. The third-order valence-corrected chi connectivity index (χ3v) is 6.20. The van der Waals surface area contributed by atoms with Gasteiger partial charge < -0.3 is 5.32 Å². The minimum absolute atomic E-state index is 0.513. The minimum Gasteiger partial charge on any atom is -0.316 e. The Morgan fingerprint density at radius 2 is 1.90 bits per heavy atom. The topological polar surface area (TPSA) is 12.0 Å². The lowest BCUT2D eigenvalue weighted by Crippen LogP contribution is -2.44. The molecule has 0 bridgehead atoms. The summed E-state index contributed by atoms with van der Waals surface area (Å²) < 4.78 is 0. The van der Waals surface area contributed by atoms with E-state index >= 15 is 0 Å². The summed E-state index contributed by atoms with van der Waals surface area (Å²) in [6.45, 7) is 2.53. The van der Waals surface area contributed by atoms with Crippen molar-refractivity contribution < 1.29 is 0 Å². The van der Waals surface area contributed by atoms with Crippen molar-refractivity contribution in [2.24, 2.45) is 5.41 Å². The molecule has 2 unspecified atom stereocenters. The third kappa shape index (κ3) is 3.18. The average molecular weight is 285 g/mol. The highest BCUT2D eigenvalue weighted by atomic mass is 14.9. The first kappa shape index (κ1) is 15.1. The van der Waals surface area contributed by atoms with Gasteiger partial charge in [-0.05, 0) is 68.0 Å². The summed E-state index contributed by atoms with van der Waals surface area (Å²) in [6, 6.07) is 9.84. The zero-order valence-electron chi connectivity index (χ0n) is 13.8. The van der Waals surface area contributed by atoms with E-state index in [1.165, 1.54) is 57.8 Å². The van der Waals surface area contributed by atoms with Crippen LogP contribution in [-0.2, 0) is 6.42 Å². The van der Waals surface area contributed by atoms with Crippen LogP contribution in [0.25, 0.3) is 0 Å². The van der Waals surface area contributed by atoms with Crippen LogP contribution in [0.3, 0.4) is 0 Å². The monoisotopic (exact) mass is 285 g/mol. The van der Waals surface area contributed by atoms with E-state index in [0.717, 1.165) is 5.92 Å². The molecule has 1 aromatic rings. The van der Waals surface area contributed by atoms with E-state index in [1.54, 1.807) is 11.1 Å². The standard InChI is InChI=1S/C20H31N/c1-20(13-6-3-7-14-20)19(21-2)15-17-11-8-10-16-9-4-5-12-18(16)17/h4-5,9,12,17,19,21H,3,6-8,10-11,13-15H2,1-2H3. The molecular formula is C20H31N. The van der Waals surface area contributed by atoms with Gasteiger partial charge in [-0.3, -0.25) is 0 Å². The van der Waals surface area contributed by atoms with Gasteiger partial charge in [-0.25, -0.2) is 0 Å². The van der Waals surface area contributed by atoms with Crippen molar-refractivity contribution in [3.05, 3.63) is 35.4 Å². The maximum atomic E-state index is 3.69. The van der Waals surface area contributed by atoms with E-state index in [4.69, 9.17) is 0 Å². The molecule has 0 heterocycles. The van der Waals surface area contributed by atoms with Gasteiger partial charge in [0.15, 0.2) is 0 Å². The van der Waals surface area contributed by atoms with Crippen LogP contribution in [0.1, 0.15) is 75.3 Å². The van der Waals surface area contributed by atoms with Crippen LogP contribution in [0.15, 0.2) is 24.3 Å². The van der Waals surface area contributed by atoms with Crippen LogP contribution in [0.2, 0.25) is 0 Å². The van der Waals surface area contributed by atoms with Gasteiger partial charge in [0.25, 0.3) is 0 Å². The normalized spacial score (nSPS) is 26.1. The molecular weight excluding hydrogens is 254 g/mol. The van der Waals surface area contributed by atoms with E-state index in [-0.39, 0.29) is 0 Å². The van der Waals surface area contributed by atoms with Gasteiger partial charge in [0.05, 0.1) is 0 Å². The van der Waals surface area contributed by atoms with Crippen LogP contribution >= 0.6 is 0 Å². The number of aryl methyl sites for hydroxylation is 1. The fourth-order valence-electron chi connectivity index (χ4n) is 4.84. The van der Waals surface area contributed by atoms with E-state index in [0.29, 0.717) is 11.5 Å². The highest BCUT2D eigenvalue weighted by Gasteiger charge is 2.36. The molecule has 3 rings (SSSR count). The van der Waals surface area contributed by atoms with Crippen molar-refractivity contribution in [2.45, 2.75) is 76.7 Å². The zero-order valence-corrected chi connectivity index (χ0v) is 13.8. The van der Waals surface area contributed by atoms with Gasteiger partial charge in [-0.2, -0.15) is 0 Å². The summed E-state index contributed by atoms with van der Waals surface area (Å²) in [5, 5.41) is 3.69. The quantitative estimate of drug-likeness (QED) is 0.816.